The second-order valence-electron chi connectivity index (χ2n) is 6.73. The molecule has 1 amide bonds. The minimum atomic E-state index is -4.49. The zero-order valence-corrected chi connectivity index (χ0v) is 15.5. The first-order valence-corrected chi connectivity index (χ1v) is 9.19. The van der Waals surface area contributed by atoms with Crippen molar-refractivity contribution in [3.63, 3.8) is 0 Å². The summed E-state index contributed by atoms with van der Waals surface area (Å²) in [5.41, 5.74) is -0.698. The molecule has 0 bridgehead atoms. The summed E-state index contributed by atoms with van der Waals surface area (Å²) in [7, 11) is 0. The number of amides is 1. The first-order valence-electron chi connectivity index (χ1n) is 9.19. The van der Waals surface area contributed by atoms with Gasteiger partial charge in [0.05, 0.1) is 5.56 Å². The Kier molecular flexibility index (Phi) is 6.36. The maximum Gasteiger partial charge on any atom is 0.416 e. The van der Waals surface area contributed by atoms with Crippen molar-refractivity contribution in [1.29, 1.82) is 0 Å². The van der Waals surface area contributed by atoms with E-state index in [1.54, 1.807) is 0 Å². The zero-order valence-electron chi connectivity index (χ0n) is 15.5. The molecule has 1 fully saturated rings. The highest BCUT2D eigenvalue weighted by molar-refractivity contribution is 5.96. The van der Waals surface area contributed by atoms with Crippen LogP contribution >= 0.6 is 0 Å². The number of anilines is 2. The van der Waals surface area contributed by atoms with Crippen LogP contribution < -0.4 is 10.6 Å². The van der Waals surface area contributed by atoms with E-state index in [0.29, 0.717) is 0 Å². The topological polar surface area (TPSA) is 80.3 Å². The Balaban J connectivity index is 1.65. The third kappa shape index (κ3) is 5.69. The van der Waals surface area contributed by atoms with Crippen LogP contribution in [0.2, 0.25) is 0 Å². The van der Waals surface area contributed by atoms with Gasteiger partial charge in [-0.15, -0.1) is 0 Å². The van der Waals surface area contributed by atoms with Gasteiger partial charge in [0.25, 0.3) is 5.91 Å². The molecule has 9 heteroatoms. The van der Waals surface area contributed by atoms with Crippen LogP contribution in [0.3, 0.4) is 0 Å². The number of nitrogens with zero attached hydrogens (tertiary/aromatic N) is 1. The Labute approximate surface area is 165 Å². The second kappa shape index (κ2) is 8.93. The molecule has 1 aliphatic carbocycles. The number of rotatable bonds is 6. The summed E-state index contributed by atoms with van der Waals surface area (Å²) in [6.45, 7) is -0.437. The van der Waals surface area contributed by atoms with Crippen LogP contribution in [0.25, 0.3) is 0 Å². The van der Waals surface area contributed by atoms with Crippen LogP contribution in [0.4, 0.5) is 24.7 Å². The Morgan fingerprint density at radius 1 is 1.14 bits per heavy atom. The lowest BCUT2D eigenvalue weighted by molar-refractivity contribution is -0.137. The monoisotopic (exact) mass is 407 g/mol. The number of alkyl halides is 3. The van der Waals surface area contributed by atoms with Crippen molar-refractivity contribution < 1.29 is 27.5 Å². The highest BCUT2D eigenvalue weighted by atomic mass is 19.4. The fourth-order valence-corrected chi connectivity index (χ4v) is 3.13. The first-order chi connectivity index (χ1) is 13.8. The number of carbonyl (C=O) groups excluding carboxylic acids is 2. The average Bonchev–Trinajstić information content (AvgIpc) is 3.19. The molecule has 0 atom stereocenters. The Morgan fingerprint density at radius 3 is 2.62 bits per heavy atom. The van der Waals surface area contributed by atoms with E-state index in [9.17, 15) is 22.8 Å². The summed E-state index contributed by atoms with van der Waals surface area (Å²) in [6, 6.07) is 7.55. The Hall–Kier alpha value is -3.10. The Morgan fingerprint density at radius 2 is 1.90 bits per heavy atom. The number of hydrogen-bond acceptors (Lipinski definition) is 5. The maximum absolute atomic E-state index is 12.9. The van der Waals surface area contributed by atoms with Crippen LogP contribution in [0.15, 0.2) is 42.6 Å². The molecule has 2 N–H and O–H groups in total. The number of pyridine rings is 1. The van der Waals surface area contributed by atoms with Crippen molar-refractivity contribution >= 4 is 23.4 Å². The lowest BCUT2D eigenvalue weighted by Crippen LogP contribution is -2.35. The fraction of sp³-hybridized carbons (Fsp3) is 0.350. The number of nitrogens with one attached hydrogen (secondary N) is 2. The minimum Gasteiger partial charge on any atom is -0.452 e. The Bertz CT molecular complexity index is 881. The van der Waals surface area contributed by atoms with Gasteiger partial charge >= 0.3 is 12.1 Å². The summed E-state index contributed by atoms with van der Waals surface area (Å²) >= 11 is 0. The summed E-state index contributed by atoms with van der Waals surface area (Å²) in [5, 5.41) is 5.51. The van der Waals surface area contributed by atoms with Crippen LogP contribution in [0.5, 0.6) is 0 Å². The molecule has 1 aliphatic rings. The van der Waals surface area contributed by atoms with Gasteiger partial charge in [0.1, 0.15) is 11.4 Å². The molecule has 0 aliphatic heterocycles. The van der Waals surface area contributed by atoms with Crippen molar-refractivity contribution in [3.8, 4) is 0 Å². The smallest absolute Gasteiger partial charge is 0.416 e. The van der Waals surface area contributed by atoms with E-state index < -0.39 is 24.3 Å². The molecule has 3 rings (SSSR count). The summed E-state index contributed by atoms with van der Waals surface area (Å²) in [6.07, 6.45) is 0.840. The van der Waals surface area contributed by atoms with Crippen molar-refractivity contribution in [1.82, 2.24) is 10.3 Å². The van der Waals surface area contributed by atoms with E-state index in [0.717, 1.165) is 37.8 Å². The lowest BCUT2D eigenvalue weighted by atomic mass is 10.2. The molecule has 0 spiro atoms. The van der Waals surface area contributed by atoms with Gasteiger partial charge in [-0.25, -0.2) is 9.78 Å². The molecule has 6 nitrogen and oxygen atoms in total. The second-order valence-corrected chi connectivity index (χ2v) is 6.73. The van der Waals surface area contributed by atoms with E-state index >= 15 is 0 Å². The molecule has 0 saturated heterocycles. The quantitative estimate of drug-likeness (QED) is 0.706. The standard InChI is InChI=1S/C20H20F3N3O3/c21-20(22,23)13-5-3-8-15(11-13)26-18-16(9-4-10-24-18)19(28)29-12-17(27)25-14-6-1-2-7-14/h3-5,8-11,14H,1-2,6-7,12H2,(H,24,26)(H,25,27). The van der Waals surface area contributed by atoms with Crippen molar-refractivity contribution in [2.24, 2.45) is 0 Å². The molecule has 1 heterocycles. The van der Waals surface area contributed by atoms with Gasteiger partial charge in [0.15, 0.2) is 6.61 Å². The van der Waals surface area contributed by atoms with Crippen LogP contribution in [-0.4, -0.2) is 29.5 Å². The number of halogens is 3. The van der Waals surface area contributed by atoms with E-state index in [1.165, 1.54) is 30.5 Å². The predicted molar refractivity (Wildman–Crippen MR) is 99.6 cm³/mol. The van der Waals surface area contributed by atoms with Gasteiger partial charge in [-0.3, -0.25) is 4.79 Å². The van der Waals surface area contributed by atoms with Crippen LogP contribution in [0, 0.1) is 0 Å². The molecule has 154 valence electrons. The molecule has 0 radical (unpaired) electrons. The maximum atomic E-state index is 12.9. The van der Waals surface area contributed by atoms with E-state index in [4.69, 9.17) is 4.74 Å². The van der Waals surface area contributed by atoms with E-state index in [-0.39, 0.29) is 29.0 Å². The van der Waals surface area contributed by atoms with Gasteiger partial charge in [-0.1, -0.05) is 18.9 Å². The van der Waals surface area contributed by atoms with Gasteiger partial charge < -0.3 is 15.4 Å². The lowest BCUT2D eigenvalue weighted by Gasteiger charge is -2.14. The van der Waals surface area contributed by atoms with Crippen molar-refractivity contribution in [2.75, 3.05) is 11.9 Å². The fourth-order valence-electron chi connectivity index (χ4n) is 3.13. The van der Waals surface area contributed by atoms with E-state index in [1.807, 2.05) is 0 Å². The molecule has 29 heavy (non-hydrogen) atoms. The van der Waals surface area contributed by atoms with Crippen LogP contribution in [-0.2, 0) is 15.7 Å². The molecule has 1 aromatic carbocycles. The molecule has 0 unspecified atom stereocenters. The third-order valence-electron chi connectivity index (χ3n) is 4.53. The zero-order chi connectivity index (χ0) is 20.9. The number of carbonyl (C=O) groups is 2. The minimum absolute atomic E-state index is 0.0126. The largest absolute Gasteiger partial charge is 0.452 e. The van der Waals surface area contributed by atoms with E-state index in [2.05, 4.69) is 15.6 Å². The third-order valence-corrected chi connectivity index (χ3v) is 4.53. The average molecular weight is 407 g/mol. The molecular formula is C20H20F3N3O3. The normalized spacial score (nSPS) is 14.4. The van der Waals surface area contributed by atoms with Crippen molar-refractivity contribution in [3.05, 3.63) is 53.7 Å². The van der Waals surface area contributed by atoms with Gasteiger partial charge in [0.2, 0.25) is 0 Å². The molecule has 1 saturated carbocycles. The number of esters is 1. The number of ether oxygens (including phenoxy) is 1. The summed E-state index contributed by atoms with van der Waals surface area (Å²) in [4.78, 5) is 28.3. The predicted octanol–water partition coefficient (Wildman–Crippen LogP) is 4.06. The van der Waals surface area contributed by atoms with Crippen molar-refractivity contribution in [2.45, 2.75) is 37.9 Å². The summed E-state index contributed by atoms with van der Waals surface area (Å²) in [5.74, 6) is -1.15. The van der Waals surface area contributed by atoms with Gasteiger partial charge in [-0.2, -0.15) is 13.2 Å². The SMILES string of the molecule is O=C(COC(=O)c1cccnc1Nc1cccc(C(F)(F)F)c1)NC1CCCC1. The highest BCUT2D eigenvalue weighted by Crippen LogP contribution is 2.31. The number of benzene rings is 1. The summed E-state index contributed by atoms with van der Waals surface area (Å²) < 4.78 is 43.7. The van der Waals surface area contributed by atoms with Crippen LogP contribution in [0.1, 0.15) is 41.6 Å². The molecular weight excluding hydrogens is 387 g/mol. The number of aromatic nitrogens is 1. The molecule has 2 aromatic rings. The molecule has 1 aromatic heterocycles. The first kappa shape index (κ1) is 20.6. The van der Waals surface area contributed by atoms with Gasteiger partial charge in [-0.05, 0) is 43.2 Å². The van der Waals surface area contributed by atoms with Gasteiger partial charge in [0, 0.05) is 17.9 Å². The highest BCUT2D eigenvalue weighted by Gasteiger charge is 2.30. The number of hydrogen-bond donors (Lipinski definition) is 2.